The van der Waals surface area contributed by atoms with Crippen LogP contribution in [0.2, 0.25) is 0 Å². The normalized spacial score (nSPS) is 14.9. The Labute approximate surface area is 187 Å². The molecule has 0 unspecified atom stereocenters. The number of aromatic nitrogens is 4. The second kappa shape index (κ2) is 8.51. The molecule has 1 aromatic carbocycles. The lowest BCUT2D eigenvalue weighted by Gasteiger charge is -2.34. The summed E-state index contributed by atoms with van der Waals surface area (Å²) >= 11 is 0. The molecular formula is C18H18N8O6S. The van der Waals surface area contributed by atoms with Gasteiger partial charge in [-0.2, -0.15) is 4.31 Å². The summed E-state index contributed by atoms with van der Waals surface area (Å²) in [5.74, 6) is 1.21. The summed E-state index contributed by atoms with van der Waals surface area (Å²) < 4.78 is 29.1. The molecule has 3 heterocycles. The average Bonchev–Trinajstić information content (AvgIpc) is 3.34. The van der Waals surface area contributed by atoms with Crippen molar-refractivity contribution in [3.05, 3.63) is 69.0 Å². The van der Waals surface area contributed by atoms with Crippen molar-refractivity contribution in [1.29, 1.82) is 0 Å². The standard InChI is InChI=1S/C18H18N8O6S/c1-13-15(25(27)28)8-14(9-16(13)26(29)30)33(31,32)24-6-4-22(5-7-24)17-10-18(21-11-20-17)23-3-2-19-12-23/h2-3,8-12H,4-7H2,1H3. The topological polar surface area (TPSA) is 170 Å². The first-order valence-electron chi connectivity index (χ1n) is 9.67. The van der Waals surface area contributed by atoms with Gasteiger partial charge in [0.15, 0.2) is 0 Å². The van der Waals surface area contributed by atoms with Gasteiger partial charge in [0.05, 0.1) is 14.7 Å². The van der Waals surface area contributed by atoms with E-state index in [1.54, 1.807) is 29.4 Å². The minimum absolute atomic E-state index is 0.0716. The number of imidazole rings is 1. The third kappa shape index (κ3) is 4.22. The van der Waals surface area contributed by atoms with Crippen LogP contribution in [0, 0.1) is 27.2 Å². The second-order valence-corrected chi connectivity index (χ2v) is 9.13. The van der Waals surface area contributed by atoms with E-state index in [0.717, 1.165) is 16.4 Å². The zero-order valence-corrected chi connectivity index (χ0v) is 18.1. The summed E-state index contributed by atoms with van der Waals surface area (Å²) in [6.45, 7) is 1.96. The van der Waals surface area contributed by atoms with Crippen molar-refractivity contribution in [2.24, 2.45) is 0 Å². The molecule has 0 N–H and O–H groups in total. The Morgan fingerprint density at radius 1 is 0.939 bits per heavy atom. The molecule has 0 radical (unpaired) electrons. The number of sulfonamides is 1. The van der Waals surface area contributed by atoms with Gasteiger partial charge in [0.25, 0.3) is 11.4 Å². The maximum Gasteiger partial charge on any atom is 0.280 e. The van der Waals surface area contributed by atoms with E-state index in [9.17, 15) is 28.6 Å². The van der Waals surface area contributed by atoms with Crippen LogP contribution in [0.15, 0.2) is 48.1 Å². The Bertz CT molecular complexity index is 1280. The Hall–Kier alpha value is -3.98. The molecule has 0 spiro atoms. The van der Waals surface area contributed by atoms with Crippen LogP contribution in [0.5, 0.6) is 0 Å². The molecule has 15 heteroatoms. The predicted octanol–water partition coefficient (Wildman–Crippen LogP) is 1.30. The number of rotatable bonds is 6. The van der Waals surface area contributed by atoms with Crippen molar-refractivity contribution >= 4 is 27.2 Å². The molecule has 172 valence electrons. The zero-order valence-electron chi connectivity index (χ0n) is 17.3. The predicted molar refractivity (Wildman–Crippen MR) is 115 cm³/mol. The van der Waals surface area contributed by atoms with E-state index in [0.29, 0.717) is 24.7 Å². The number of nitro benzene ring substituents is 2. The minimum atomic E-state index is -4.19. The third-order valence-corrected chi connectivity index (χ3v) is 7.20. The van der Waals surface area contributed by atoms with Gasteiger partial charge in [0.1, 0.15) is 29.9 Å². The van der Waals surface area contributed by atoms with Gasteiger partial charge in [-0.1, -0.05) is 0 Å². The lowest BCUT2D eigenvalue weighted by molar-refractivity contribution is -0.395. The first-order valence-corrected chi connectivity index (χ1v) is 11.1. The second-order valence-electron chi connectivity index (χ2n) is 7.20. The highest BCUT2D eigenvalue weighted by Gasteiger charge is 2.33. The van der Waals surface area contributed by atoms with Crippen LogP contribution < -0.4 is 4.90 Å². The van der Waals surface area contributed by atoms with Gasteiger partial charge in [-0.25, -0.2) is 23.4 Å². The highest BCUT2D eigenvalue weighted by molar-refractivity contribution is 7.89. The minimum Gasteiger partial charge on any atom is -0.354 e. The molecule has 0 aliphatic carbocycles. The zero-order chi connectivity index (χ0) is 23.8. The Morgan fingerprint density at radius 3 is 2.09 bits per heavy atom. The lowest BCUT2D eigenvalue weighted by Crippen LogP contribution is -2.49. The van der Waals surface area contributed by atoms with E-state index < -0.39 is 36.1 Å². The first-order chi connectivity index (χ1) is 15.7. The van der Waals surface area contributed by atoms with Crippen molar-refractivity contribution in [2.75, 3.05) is 31.1 Å². The molecule has 0 bridgehead atoms. The SMILES string of the molecule is Cc1c([N+](=O)[O-])cc(S(=O)(=O)N2CCN(c3cc(-n4ccnc4)ncn3)CC2)cc1[N+](=O)[O-]. The van der Waals surface area contributed by atoms with Crippen molar-refractivity contribution in [3.63, 3.8) is 0 Å². The molecule has 1 aliphatic rings. The van der Waals surface area contributed by atoms with Gasteiger partial charge >= 0.3 is 0 Å². The number of anilines is 1. The molecule has 2 aromatic heterocycles. The molecule has 0 amide bonds. The highest BCUT2D eigenvalue weighted by atomic mass is 32.2. The van der Waals surface area contributed by atoms with E-state index in [-0.39, 0.29) is 18.7 Å². The van der Waals surface area contributed by atoms with Crippen LogP contribution in [0.3, 0.4) is 0 Å². The maximum absolute atomic E-state index is 13.1. The van der Waals surface area contributed by atoms with E-state index in [1.165, 1.54) is 13.3 Å². The maximum atomic E-state index is 13.1. The van der Waals surface area contributed by atoms with Gasteiger partial charge < -0.3 is 4.90 Å². The summed E-state index contributed by atoms with van der Waals surface area (Å²) in [7, 11) is -4.19. The van der Waals surface area contributed by atoms with E-state index in [2.05, 4.69) is 15.0 Å². The molecule has 1 saturated heterocycles. The van der Waals surface area contributed by atoms with Crippen LogP contribution in [-0.4, -0.2) is 68.3 Å². The third-order valence-electron chi connectivity index (χ3n) is 5.33. The van der Waals surface area contributed by atoms with Gasteiger partial charge in [-0.3, -0.25) is 24.8 Å². The van der Waals surface area contributed by atoms with Crippen molar-refractivity contribution < 1.29 is 18.3 Å². The summed E-state index contributed by atoms with van der Waals surface area (Å²) in [4.78, 5) is 34.8. The summed E-state index contributed by atoms with van der Waals surface area (Å²) in [5.41, 5.74) is -1.44. The highest BCUT2D eigenvalue weighted by Crippen LogP contribution is 2.33. The fourth-order valence-corrected chi connectivity index (χ4v) is 5.00. The Morgan fingerprint density at radius 2 is 1.55 bits per heavy atom. The fraction of sp³-hybridized carbons (Fsp3) is 0.278. The summed E-state index contributed by atoms with van der Waals surface area (Å²) in [6, 6.07) is 3.48. The van der Waals surface area contributed by atoms with E-state index in [1.807, 2.05) is 4.90 Å². The number of nitrogens with zero attached hydrogens (tertiary/aromatic N) is 8. The smallest absolute Gasteiger partial charge is 0.280 e. The van der Waals surface area contributed by atoms with Crippen molar-refractivity contribution in [1.82, 2.24) is 23.8 Å². The molecular weight excluding hydrogens is 456 g/mol. The summed E-state index contributed by atoms with van der Waals surface area (Å²) in [5, 5.41) is 22.6. The van der Waals surface area contributed by atoms with Gasteiger partial charge in [-0.15, -0.1) is 0 Å². The molecule has 4 rings (SSSR count). The van der Waals surface area contributed by atoms with Crippen LogP contribution in [0.1, 0.15) is 5.56 Å². The van der Waals surface area contributed by atoms with Crippen LogP contribution in [0.4, 0.5) is 17.2 Å². The first kappa shape index (κ1) is 22.2. The van der Waals surface area contributed by atoms with Gasteiger partial charge in [0, 0.05) is 56.8 Å². The van der Waals surface area contributed by atoms with Crippen molar-refractivity contribution in [2.45, 2.75) is 11.8 Å². The number of piperazine rings is 1. The van der Waals surface area contributed by atoms with E-state index >= 15 is 0 Å². The van der Waals surface area contributed by atoms with Crippen LogP contribution in [-0.2, 0) is 10.0 Å². The molecule has 0 atom stereocenters. The fourth-order valence-electron chi connectivity index (χ4n) is 3.54. The number of hydrogen-bond acceptors (Lipinski definition) is 10. The van der Waals surface area contributed by atoms with Crippen molar-refractivity contribution in [3.8, 4) is 5.82 Å². The molecule has 0 saturated carbocycles. The molecule has 1 aliphatic heterocycles. The van der Waals surface area contributed by atoms with E-state index in [4.69, 9.17) is 0 Å². The molecule has 3 aromatic rings. The number of benzene rings is 1. The summed E-state index contributed by atoms with van der Waals surface area (Å²) in [6.07, 6.45) is 6.34. The molecule has 1 fully saturated rings. The number of nitro groups is 2. The quantitative estimate of drug-likeness (QED) is 0.374. The Kier molecular flexibility index (Phi) is 5.73. The van der Waals surface area contributed by atoms with Gasteiger partial charge in [0.2, 0.25) is 10.0 Å². The number of hydrogen-bond donors (Lipinski definition) is 0. The van der Waals surface area contributed by atoms with Gasteiger partial charge in [-0.05, 0) is 6.92 Å². The van der Waals surface area contributed by atoms with Crippen LogP contribution in [0.25, 0.3) is 5.82 Å². The lowest BCUT2D eigenvalue weighted by atomic mass is 10.1. The Balaban J connectivity index is 1.56. The molecule has 14 nitrogen and oxygen atoms in total. The van der Waals surface area contributed by atoms with Crippen LogP contribution >= 0.6 is 0 Å². The average molecular weight is 474 g/mol. The largest absolute Gasteiger partial charge is 0.354 e. The monoisotopic (exact) mass is 474 g/mol. The molecule has 33 heavy (non-hydrogen) atoms.